The predicted octanol–water partition coefficient (Wildman–Crippen LogP) is 2.03. The molecule has 0 saturated carbocycles. The molecule has 1 rings (SSSR count). The summed E-state index contributed by atoms with van der Waals surface area (Å²) in [5.74, 6) is -0.421. The zero-order chi connectivity index (χ0) is 13.8. The molecule has 0 radical (unpaired) electrons. The maximum Gasteiger partial charge on any atom is 0.305 e. The highest BCUT2D eigenvalue weighted by atomic mass is 32.2. The van der Waals surface area contributed by atoms with Crippen LogP contribution in [0.25, 0.3) is 0 Å². The van der Waals surface area contributed by atoms with Crippen LogP contribution < -0.4 is 0 Å². The van der Waals surface area contributed by atoms with Crippen LogP contribution in [0.1, 0.15) is 24.0 Å². The molecule has 0 aliphatic carbocycles. The average Bonchev–Trinajstić information content (AvgIpc) is 2.32. The molecule has 1 aromatic carbocycles. The largest absolute Gasteiger partial charge is 0.469 e. The van der Waals surface area contributed by atoms with Gasteiger partial charge in [-0.15, -0.1) is 0 Å². The monoisotopic (exact) mass is 270 g/mol. The van der Waals surface area contributed by atoms with Crippen LogP contribution in [0.2, 0.25) is 0 Å². The van der Waals surface area contributed by atoms with Crippen LogP contribution in [0.3, 0.4) is 0 Å². The molecule has 0 aliphatic rings. The van der Waals surface area contributed by atoms with Crippen molar-refractivity contribution in [3.63, 3.8) is 0 Å². The predicted molar refractivity (Wildman–Crippen MR) is 69.2 cm³/mol. The fraction of sp³-hybridized carbons (Fsp3) is 0.462. The molecule has 1 aromatic rings. The molecule has 0 saturated heterocycles. The molecule has 0 fully saturated rings. The summed E-state index contributed by atoms with van der Waals surface area (Å²) in [5, 5.41) is 0. The first kappa shape index (κ1) is 14.7. The lowest BCUT2D eigenvalue weighted by molar-refractivity contribution is -0.140. The molecule has 0 atom stereocenters. The number of ether oxygens (including phenoxy) is 1. The summed E-state index contributed by atoms with van der Waals surface area (Å²) < 4.78 is 28.5. The van der Waals surface area contributed by atoms with Gasteiger partial charge in [-0.05, 0) is 43.5 Å². The van der Waals surface area contributed by atoms with Gasteiger partial charge in [-0.2, -0.15) is 0 Å². The van der Waals surface area contributed by atoms with Gasteiger partial charge in [0.2, 0.25) is 0 Å². The Morgan fingerprint density at radius 3 is 2.44 bits per heavy atom. The van der Waals surface area contributed by atoms with Gasteiger partial charge in [0, 0.05) is 6.42 Å². The van der Waals surface area contributed by atoms with Gasteiger partial charge < -0.3 is 4.74 Å². The Morgan fingerprint density at radius 2 is 1.89 bits per heavy atom. The second kappa shape index (κ2) is 6.00. The van der Waals surface area contributed by atoms with E-state index in [1.807, 2.05) is 13.8 Å². The molecule has 4 nitrogen and oxygen atoms in total. The molecular weight excluding hydrogens is 252 g/mol. The smallest absolute Gasteiger partial charge is 0.305 e. The van der Waals surface area contributed by atoms with Gasteiger partial charge in [-0.3, -0.25) is 4.79 Å². The van der Waals surface area contributed by atoms with Gasteiger partial charge in [0.05, 0.1) is 17.8 Å². The van der Waals surface area contributed by atoms with E-state index in [4.69, 9.17) is 0 Å². The highest BCUT2D eigenvalue weighted by Crippen LogP contribution is 2.17. The first-order valence-corrected chi connectivity index (χ1v) is 7.39. The Bertz CT molecular complexity index is 532. The standard InChI is InChI=1S/C13H18O4S/c1-10-6-7-12(9-11(10)2)18(15,16)8-4-5-13(14)17-3/h6-7,9H,4-5,8H2,1-3H3. The van der Waals surface area contributed by atoms with E-state index in [9.17, 15) is 13.2 Å². The number of esters is 1. The quantitative estimate of drug-likeness (QED) is 0.768. The van der Waals surface area contributed by atoms with Gasteiger partial charge in [0.15, 0.2) is 9.84 Å². The number of hydrogen-bond donors (Lipinski definition) is 0. The van der Waals surface area contributed by atoms with Crippen molar-refractivity contribution in [2.24, 2.45) is 0 Å². The van der Waals surface area contributed by atoms with Gasteiger partial charge in [-0.1, -0.05) is 6.07 Å². The Kier molecular flexibility index (Phi) is 4.90. The molecule has 100 valence electrons. The fourth-order valence-electron chi connectivity index (χ4n) is 1.53. The van der Waals surface area contributed by atoms with E-state index in [1.165, 1.54) is 7.11 Å². The van der Waals surface area contributed by atoms with Crippen LogP contribution in [0.4, 0.5) is 0 Å². The maximum absolute atomic E-state index is 12.0. The zero-order valence-electron chi connectivity index (χ0n) is 10.9. The Hall–Kier alpha value is -1.36. The van der Waals surface area contributed by atoms with E-state index in [-0.39, 0.29) is 24.6 Å². The first-order valence-electron chi connectivity index (χ1n) is 5.73. The van der Waals surface area contributed by atoms with Crippen LogP contribution >= 0.6 is 0 Å². The summed E-state index contributed by atoms with van der Waals surface area (Å²) >= 11 is 0. The summed E-state index contributed by atoms with van der Waals surface area (Å²) in [6.07, 6.45) is 0.405. The van der Waals surface area contributed by atoms with Crippen molar-refractivity contribution in [3.05, 3.63) is 29.3 Å². The number of carbonyl (C=O) groups is 1. The topological polar surface area (TPSA) is 60.4 Å². The molecule has 18 heavy (non-hydrogen) atoms. The zero-order valence-corrected chi connectivity index (χ0v) is 11.7. The molecule has 0 spiro atoms. The minimum atomic E-state index is -3.31. The first-order chi connectivity index (χ1) is 8.36. The average molecular weight is 270 g/mol. The van der Waals surface area contributed by atoms with Crippen LogP contribution in [-0.4, -0.2) is 27.2 Å². The number of rotatable bonds is 5. The number of hydrogen-bond acceptors (Lipinski definition) is 4. The lowest BCUT2D eigenvalue weighted by atomic mass is 10.1. The van der Waals surface area contributed by atoms with Crippen molar-refractivity contribution < 1.29 is 17.9 Å². The van der Waals surface area contributed by atoms with Crippen molar-refractivity contribution in [2.45, 2.75) is 31.6 Å². The van der Waals surface area contributed by atoms with E-state index >= 15 is 0 Å². The third kappa shape index (κ3) is 3.84. The minimum Gasteiger partial charge on any atom is -0.469 e. The molecular formula is C13H18O4S. The molecule has 0 unspecified atom stereocenters. The second-order valence-electron chi connectivity index (χ2n) is 4.24. The van der Waals surface area contributed by atoms with E-state index in [1.54, 1.807) is 18.2 Å². The van der Waals surface area contributed by atoms with Crippen molar-refractivity contribution in [2.75, 3.05) is 12.9 Å². The number of benzene rings is 1. The molecule has 0 heterocycles. The summed E-state index contributed by atoms with van der Waals surface area (Å²) in [7, 11) is -2.02. The maximum atomic E-state index is 12.0. The number of aryl methyl sites for hydroxylation is 2. The highest BCUT2D eigenvalue weighted by Gasteiger charge is 2.15. The highest BCUT2D eigenvalue weighted by molar-refractivity contribution is 7.91. The van der Waals surface area contributed by atoms with E-state index in [0.717, 1.165) is 11.1 Å². The normalized spacial score (nSPS) is 11.3. The molecule has 0 amide bonds. The summed E-state index contributed by atoms with van der Waals surface area (Å²) in [6, 6.07) is 5.07. The third-order valence-corrected chi connectivity index (χ3v) is 4.66. The lowest BCUT2D eigenvalue weighted by Gasteiger charge is -2.06. The molecule has 0 aromatic heterocycles. The van der Waals surface area contributed by atoms with E-state index in [2.05, 4.69) is 4.74 Å². The van der Waals surface area contributed by atoms with Crippen LogP contribution in [-0.2, 0) is 19.4 Å². The van der Waals surface area contributed by atoms with Gasteiger partial charge in [0.25, 0.3) is 0 Å². The minimum absolute atomic E-state index is 0.0371. The van der Waals surface area contributed by atoms with Crippen molar-refractivity contribution in [1.82, 2.24) is 0 Å². The van der Waals surface area contributed by atoms with Crippen LogP contribution in [0.15, 0.2) is 23.1 Å². The fourth-order valence-corrected chi connectivity index (χ4v) is 2.93. The molecule has 0 aliphatic heterocycles. The SMILES string of the molecule is COC(=O)CCCS(=O)(=O)c1ccc(C)c(C)c1. The van der Waals surface area contributed by atoms with E-state index in [0.29, 0.717) is 4.90 Å². The third-order valence-electron chi connectivity index (χ3n) is 2.86. The van der Waals surface area contributed by atoms with Crippen LogP contribution in [0.5, 0.6) is 0 Å². The van der Waals surface area contributed by atoms with Crippen LogP contribution in [0, 0.1) is 13.8 Å². The Balaban J connectivity index is 2.74. The number of carbonyl (C=O) groups excluding carboxylic acids is 1. The van der Waals surface area contributed by atoms with Crippen molar-refractivity contribution >= 4 is 15.8 Å². The van der Waals surface area contributed by atoms with E-state index < -0.39 is 9.84 Å². The Labute approximate surface area is 108 Å². The second-order valence-corrected chi connectivity index (χ2v) is 6.35. The van der Waals surface area contributed by atoms with Crippen molar-refractivity contribution in [1.29, 1.82) is 0 Å². The van der Waals surface area contributed by atoms with Crippen molar-refractivity contribution in [3.8, 4) is 0 Å². The summed E-state index contributed by atoms with van der Waals surface area (Å²) in [5.41, 5.74) is 2.01. The molecule has 5 heteroatoms. The summed E-state index contributed by atoms with van der Waals surface area (Å²) in [4.78, 5) is 11.2. The molecule has 0 bridgehead atoms. The van der Waals surface area contributed by atoms with Gasteiger partial charge >= 0.3 is 5.97 Å². The molecule has 0 N–H and O–H groups in total. The number of methoxy groups -OCH3 is 1. The number of sulfone groups is 1. The lowest BCUT2D eigenvalue weighted by Crippen LogP contribution is -2.10. The van der Waals surface area contributed by atoms with Gasteiger partial charge in [-0.25, -0.2) is 8.42 Å². The Morgan fingerprint density at radius 1 is 1.22 bits per heavy atom. The summed E-state index contributed by atoms with van der Waals surface area (Å²) in [6.45, 7) is 3.81. The van der Waals surface area contributed by atoms with Gasteiger partial charge in [0.1, 0.15) is 0 Å².